The number of ether oxygens (including phenoxy) is 2. The van der Waals surface area contributed by atoms with Gasteiger partial charge in [-0.3, -0.25) is 9.59 Å². The summed E-state index contributed by atoms with van der Waals surface area (Å²) in [6.45, 7) is 0.772. The largest absolute Gasteiger partial charge is 0.445 e. The first-order valence-electron chi connectivity index (χ1n) is 6.86. The molecule has 2 atom stereocenters. The molecule has 1 aromatic carbocycles. The minimum absolute atomic E-state index is 0.183. The van der Waals surface area contributed by atoms with Gasteiger partial charge in [0, 0.05) is 13.1 Å². The van der Waals surface area contributed by atoms with Crippen LogP contribution in [0.4, 0.5) is 4.79 Å². The first-order valence-corrected chi connectivity index (χ1v) is 6.86. The molecule has 3 rings (SSSR count). The number of likely N-dealkylation sites (tertiary alicyclic amines) is 1. The zero-order valence-corrected chi connectivity index (χ0v) is 11.4. The number of piperidine rings is 1. The monoisotopic (exact) mass is 289 g/mol. The van der Waals surface area contributed by atoms with Crippen molar-refractivity contribution in [3.8, 4) is 0 Å². The minimum Gasteiger partial charge on any atom is -0.445 e. The third kappa shape index (κ3) is 2.74. The van der Waals surface area contributed by atoms with E-state index in [1.54, 1.807) is 0 Å². The first kappa shape index (κ1) is 13.6. The molecule has 0 spiro atoms. The van der Waals surface area contributed by atoms with Crippen molar-refractivity contribution in [2.75, 3.05) is 13.1 Å². The molecule has 6 nitrogen and oxygen atoms in total. The molecule has 2 aliphatic heterocycles. The van der Waals surface area contributed by atoms with Gasteiger partial charge in [-0.05, 0) is 12.0 Å². The third-order valence-corrected chi connectivity index (χ3v) is 3.88. The van der Waals surface area contributed by atoms with Gasteiger partial charge < -0.3 is 14.4 Å². The van der Waals surface area contributed by atoms with Crippen LogP contribution in [0.25, 0.3) is 0 Å². The van der Waals surface area contributed by atoms with Crippen LogP contribution in [0.2, 0.25) is 0 Å². The average Bonchev–Trinajstić information content (AvgIpc) is 2.80. The van der Waals surface area contributed by atoms with E-state index in [9.17, 15) is 14.4 Å². The van der Waals surface area contributed by atoms with E-state index < -0.39 is 29.9 Å². The van der Waals surface area contributed by atoms with Gasteiger partial charge in [-0.15, -0.1) is 0 Å². The Morgan fingerprint density at radius 3 is 2.67 bits per heavy atom. The van der Waals surface area contributed by atoms with Gasteiger partial charge in [-0.2, -0.15) is 0 Å². The maximum Gasteiger partial charge on any atom is 0.410 e. The second-order valence-electron chi connectivity index (χ2n) is 5.23. The third-order valence-electron chi connectivity index (χ3n) is 3.88. The highest BCUT2D eigenvalue weighted by Gasteiger charge is 2.48. The minimum atomic E-state index is -0.546. The molecule has 0 aromatic heterocycles. The second kappa shape index (κ2) is 5.55. The summed E-state index contributed by atoms with van der Waals surface area (Å²) in [7, 11) is 0. The van der Waals surface area contributed by atoms with E-state index in [4.69, 9.17) is 4.74 Å². The van der Waals surface area contributed by atoms with E-state index in [-0.39, 0.29) is 13.2 Å². The molecule has 2 aliphatic rings. The molecule has 0 aliphatic carbocycles. The van der Waals surface area contributed by atoms with Gasteiger partial charge in [-0.25, -0.2) is 4.79 Å². The SMILES string of the molecule is O=C1OC(=O)C2CN(C(=O)OCc3ccccc3)CCC12. The molecule has 6 heteroatoms. The predicted octanol–water partition coefficient (Wildman–Crippen LogP) is 1.34. The van der Waals surface area contributed by atoms with E-state index in [0.29, 0.717) is 13.0 Å². The van der Waals surface area contributed by atoms with Crippen LogP contribution in [0.15, 0.2) is 30.3 Å². The molecule has 21 heavy (non-hydrogen) atoms. The van der Waals surface area contributed by atoms with E-state index >= 15 is 0 Å². The van der Waals surface area contributed by atoms with Crippen molar-refractivity contribution in [3.05, 3.63) is 35.9 Å². The summed E-state index contributed by atoms with van der Waals surface area (Å²) in [5.41, 5.74) is 0.899. The predicted molar refractivity (Wildman–Crippen MR) is 70.9 cm³/mol. The Bertz CT molecular complexity index is 571. The summed E-state index contributed by atoms with van der Waals surface area (Å²) in [5, 5.41) is 0. The second-order valence-corrected chi connectivity index (χ2v) is 5.23. The van der Waals surface area contributed by atoms with Gasteiger partial charge in [-0.1, -0.05) is 30.3 Å². The number of benzene rings is 1. The number of esters is 2. The van der Waals surface area contributed by atoms with E-state index in [1.807, 2.05) is 30.3 Å². The number of hydrogen-bond donors (Lipinski definition) is 0. The lowest BCUT2D eigenvalue weighted by atomic mass is 9.88. The topological polar surface area (TPSA) is 72.9 Å². The van der Waals surface area contributed by atoms with Crippen LogP contribution in [0.1, 0.15) is 12.0 Å². The molecule has 0 bridgehead atoms. The van der Waals surface area contributed by atoms with Gasteiger partial charge in [0.05, 0.1) is 11.8 Å². The molecule has 110 valence electrons. The summed E-state index contributed by atoms with van der Waals surface area (Å²) in [4.78, 5) is 36.5. The van der Waals surface area contributed by atoms with Crippen LogP contribution in [-0.4, -0.2) is 36.0 Å². The number of nitrogens with zero attached hydrogens (tertiary/aromatic N) is 1. The Kier molecular flexibility index (Phi) is 3.60. The number of carbonyl (C=O) groups excluding carboxylic acids is 3. The zero-order valence-electron chi connectivity index (χ0n) is 11.4. The molecule has 2 heterocycles. The maximum atomic E-state index is 12.0. The van der Waals surface area contributed by atoms with Crippen LogP contribution in [0.3, 0.4) is 0 Å². The highest BCUT2D eigenvalue weighted by atomic mass is 16.6. The van der Waals surface area contributed by atoms with Crippen molar-refractivity contribution < 1.29 is 23.9 Å². The molecule has 0 N–H and O–H groups in total. The molecule has 0 saturated carbocycles. The maximum absolute atomic E-state index is 12.0. The van der Waals surface area contributed by atoms with Gasteiger partial charge >= 0.3 is 18.0 Å². The summed E-state index contributed by atoms with van der Waals surface area (Å²) in [6.07, 6.45) is -0.0279. The van der Waals surface area contributed by atoms with Crippen molar-refractivity contribution in [2.24, 2.45) is 11.8 Å². The van der Waals surface area contributed by atoms with Gasteiger partial charge in [0.2, 0.25) is 0 Å². The fourth-order valence-corrected chi connectivity index (χ4v) is 2.70. The van der Waals surface area contributed by atoms with Crippen LogP contribution >= 0.6 is 0 Å². The average molecular weight is 289 g/mol. The molecule has 2 unspecified atom stereocenters. The molecule has 2 saturated heterocycles. The van der Waals surface area contributed by atoms with Crippen molar-refractivity contribution in [1.29, 1.82) is 0 Å². The lowest BCUT2D eigenvalue weighted by Gasteiger charge is -2.30. The van der Waals surface area contributed by atoms with Crippen molar-refractivity contribution in [3.63, 3.8) is 0 Å². The Morgan fingerprint density at radius 2 is 1.90 bits per heavy atom. The number of amides is 1. The smallest absolute Gasteiger partial charge is 0.410 e. The Morgan fingerprint density at radius 1 is 1.19 bits per heavy atom. The number of carbonyl (C=O) groups is 3. The first-order chi connectivity index (χ1) is 10.1. The van der Waals surface area contributed by atoms with Crippen molar-refractivity contribution >= 4 is 18.0 Å². The van der Waals surface area contributed by atoms with Crippen LogP contribution in [0, 0.1) is 11.8 Å². The quantitative estimate of drug-likeness (QED) is 0.607. The lowest BCUT2D eigenvalue weighted by molar-refractivity contribution is -0.153. The van der Waals surface area contributed by atoms with Crippen LogP contribution in [-0.2, 0) is 25.7 Å². The molecular formula is C15H15NO5. The Hall–Kier alpha value is -2.37. The highest BCUT2D eigenvalue weighted by Crippen LogP contribution is 2.31. The molecule has 2 fully saturated rings. The van der Waals surface area contributed by atoms with E-state index in [2.05, 4.69) is 4.74 Å². The molecule has 0 radical (unpaired) electrons. The molecule has 1 amide bonds. The van der Waals surface area contributed by atoms with Gasteiger partial charge in [0.25, 0.3) is 0 Å². The van der Waals surface area contributed by atoms with Gasteiger partial charge in [0.15, 0.2) is 0 Å². The normalized spacial score (nSPS) is 24.5. The number of fused-ring (bicyclic) bond motifs is 1. The van der Waals surface area contributed by atoms with Crippen LogP contribution in [0.5, 0.6) is 0 Å². The Balaban J connectivity index is 1.57. The van der Waals surface area contributed by atoms with Gasteiger partial charge in [0.1, 0.15) is 6.61 Å². The summed E-state index contributed by atoms with van der Waals surface area (Å²) >= 11 is 0. The van der Waals surface area contributed by atoms with Crippen LogP contribution < -0.4 is 0 Å². The number of rotatable bonds is 2. The fourth-order valence-electron chi connectivity index (χ4n) is 2.70. The summed E-state index contributed by atoms with van der Waals surface area (Å²) in [6, 6.07) is 9.36. The molecule has 1 aromatic rings. The van der Waals surface area contributed by atoms with E-state index in [0.717, 1.165) is 5.56 Å². The lowest BCUT2D eigenvalue weighted by Crippen LogP contribution is -2.45. The summed E-state index contributed by atoms with van der Waals surface area (Å²) in [5.74, 6) is -1.96. The standard InChI is InChI=1S/C15H15NO5/c17-13-11-6-7-16(8-12(11)14(18)21-13)15(19)20-9-10-4-2-1-3-5-10/h1-5,11-12H,6-9H2. The highest BCUT2D eigenvalue weighted by molar-refractivity contribution is 5.97. The van der Waals surface area contributed by atoms with Crippen molar-refractivity contribution in [1.82, 2.24) is 4.90 Å². The molecular weight excluding hydrogens is 274 g/mol. The number of hydrogen-bond acceptors (Lipinski definition) is 5. The van der Waals surface area contributed by atoms with Crippen molar-refractivity contribution in [2.45, 2.75) is 13.0 Å². The number of cyclic esters (lactones) is 2. The Labute approximate surface area is 121 Å². The summed E-state index contributed by atoms with van der Waals surface area (Å²) < 4.78 is 9.84. The zero-order chi connectivity index (χ0) is 14.8. The fraction of sp³-hybridized carbons (Fsp3) is 0.400. The van der Waals surface area contributed by atoms with E-state index in [1.165, 1.54) is 4.90 Å².